The Hall–Kier alpha value is -3.36. The van der Waals surface area contributed by atoms with Crippen molar-refractivity contribution in [3.63, 3.8) is 0 Å². The van der Waals surface area contributed by atoms with Gasteiger partial charge in [0.15, 0.2) is 5.69 Å². The Morgan fingerprint density at radius 2 is 1.96 bits per heavy atom. The van der Waals surface area contributed by atoms with Gasteiger partial charge in [0.25, 0.3) is 11.8 Å². The summed E-state index contributed by atoms with van der Waals surface area (Å²) in [5.41, 5.74) is 0.0782. The van der Waals surface area contributed by atoms with Crippen LogP contribution >= 0.6 is 0 Å². The van der Waals surface area contributed by atoms with Crippen LogP contribution in [0, 0.1) is 5.82 Å². The molecular formula is C18H15F3N4O2. The van der Waals surface area contributed by atoms with Crippen molar-refractivity contribution in [2.75, 3.05) is 13.7 Å². The van der Waals surface area contributed by atoms with E-state index in [1.54, 1.807) is 24.3 Å². The van der Waals surface area contributed by atoms with Gasteiger partial charge in [0, 0.05) is 11.6 Å². The molecule has 0 fully saturated rings. The fraction of sp³-hybridized carbons (Fsp3) is 0.167. The molecule has 3 aromatic rings. The van der Waals surface area contributed by atoms with Crippen LogP contribution in [0.1, 0.15) is 16.1 Å². The van der Waals surface area contributed by atoms with E-state index in [0.717, 1.165) is 24.3 Å². The number of hydrogen-bond acceptors (Lipinski definition) is 4. The van der Waals surface area contributed by atoms with Gasteiger partial charge >= 0.3 is 0 Å². The van der Waals surface area contributed by atoms with E-state index in [2.05, 4.69) is 15.6 Å². The van der Waals surface area contributed by atoms with Gasteiger partial charge in [-0.15, -0.1) is 5.10 Å². The molecule has 0 spiro atoms. The minimum atomic E-state index is -3.36. The van der Waals surface area contributed by atoms with Crippen molar-refractivity contribution >= 4 is 5.91 Å². The molecule has 0 aliphatic rings. The fourth-order valence-corrected chi connectivity index (χ4v) is 2.32. The lowest BCUT2D eigenvalue weighted by Gasteiger charge is -2.16. The van der Waals surface area contributed by atoms with Gasteiger partial charge in [-0.1, -0.05) is 23.4 Å². The lowest BCUT2D eigenvalue weighted by atomic mass is 10.1. The van der Waals surface area contributed by atoms with Crippen LogP contribution in [0.5, 0.6) is 5.75 Å². The van der Waals surface area contributed by atoms with E-state index in [4.69, 9.17) is 4.74 Å². The Labute approximate surface area is 152 Å². The van der Waals surface area contributed by atoms with Crippen LogP contribution in [0.25, 0.3) is 5.69 Å². The third kappa shape index (κ3) is 4.25. The zero-order chi connectivity index (χ0) is 19.4. The molecule has 0 aliphatic carbocycles. The van der Waals surface area contributed by atoms with E-state index < -0.39 is 29.8 Å². The number of benzene rings is 2. The summed E-state index contributed by atoms with van der Waals surface area (Å²) in [5, 5.41) is 9.63. The predicted octanol–water partition coefficient (Wildman–Crippen LogP) is 2.94. The number of carbonyl (C=O) groups is 1. The highest BCUT2D eigenvalue weighted by Gasteiger charge is 2.32. The van der Waals surface area contributed by atoms with Crippen LogP contribution < -0.4 is 10.1 Å². The average molecular weight is 376 g/mol. The number of ether oxygens (including phenoxy) is 1. The number of nitrogens with one attached hydrogen (secondary N) is 1. The van der Waals surface area contributed by atoms with E-state index in [0.29, 0.717) is 11.4 Å². The largest absolute Gasteiger partial charge is 0.497 e. The summed E-state index contributed by atoms with van der Waals surface area (Å²) >= 11 is 0. The molecule has 0 aliphatic heterocycles. The van der Waals surface area contributed by atoms with Crippen molar-refractivity contribution in [3.05, 3.63) is 71.8 Å². The van der Waals surface area contributed by atoms with E-state index in [1.807, 2.05) is 0 Å². The third-order valence-corrected chi connectivity index (χ3v) is 3.78. The molecule has 3 rings (SSSR count). The Bertz CT molecular complexity index is 942. The highest BCUT2D eigenvalue weighted by molar-refractivity contribution is 5.91. The fourth-order valence-electron chi connectivity index (χ4n) is 2.32. The van der Waals surface area contributed by atoms with E-state index in [9.17, 15) is 18.0 Å². The van der Waals surface area contributed by atoms with Gasteiger partial charge in [0.2, 0.25) is 0 Å². The first kappa shape index (κ1) is 18.4. The van der Waals surface area contributed by atoms with Gasteiger partial charge < -0.3 is 10.1 Å². The van der Waals surface area contributed by atoms with Crippen LogP contribution in [0.2, 0.25) is 0 Å². The van der Waals surface area contributed by atoms with Crippen LogP contribution in [0.4, 0.5) is 13.2 Å². The summed E-state index contributed by atoms with van der Waals surface area (Å²) in [6, 6.07) is 10.7. The molecule has 1 N–H and O–H groups in total. The maximum absolute atomic E-state index is 14.1. The maximum Gasteiger partial charge on any atom is 0.290 e. The van der Waals surface area contributed by atoms with Gasteiger partial charge in [0.1, 0.15) is 11.6 Å². The molecule has 1 amide bonds. The molecule has 0 bridgehead atoms. The minimum absolute atomic E-state index is 0.118. The second kappa shape index (κ2) is 7.48. The second-order valence-electron chi connectivity index (χ2n) is 5.64. The summed E-state index contributed by atoms with van der Waals surface area (Å²) in [7, 11) is 1.51. The van der Waals surface area contributed by atoms with E-state index >= 15 is 0 Å². The van der Waals surface area contributed by atoms with Crippen molar-refractivity contribution in [3.8, 4) is 11.4 Å². The number of aromatic nitrogens is 3. The van der Waals surface area contributed by atoms with Crippen molar-refractivity contribution < 1.29 is 22.7 Å². The summed E-state index contributed by atoms with van der Waals surface area (Å²) in [4.78, 5) is 12.1. The normalized spacial score (nSPS) is 11.3. The number of hydrogen-bond donors (Lipinski definition) is 1. The number of rotatable bonds is 6. The van der Waals surface area contributed by atoms with Gasteiger partial charge in [-0.05, 0) is 24.3 Å². The van der Waals surface area contributed by atoms with Crippen LogP contribution in [-0.2, 0) is 5.92 Å². The smallest absolute Gasteiger partial charge is 0.290 e. The molecule has 0 unspecified atom stereocenters. The predicted molar refractivity (Wildman–Crippen MR) is 90.5 cm³/mol. The molecule has 0 radical (unpaired) electrons. The highest BCUT2D eigenvalue weighted by Crippen LogP contribution is 2.27. The number of methoxy groups -OCH3 is 1. The monoisotopic (exact) mass is 376 g/mol. The summed E-state index contributed by atoms with van der Waals surface area (Å²) in [6.07, 6.45) is 1.32. The number of amides is 1. The zero-order valence-electron chi connectivity index (χ0n) is 14.2. The first-order chi connectivity index (χ1) is 12.9. The number of nitrogens with zero attached hydrogens (tertiary/aromatic N) is 3. The van der Waals surface area contributed by atoms with E-state index in [-0.39, 0.29) is 5.69 Å². The quantitative estimate of drug-likeness (QED) is 0.718. The molecule has 0 saturated heterocycles. The molecular weight excluding hydrogens is 361 g/mol. The zero-order valence-corrected chi connectivity index (χ0v) is 14.2. The van der Waals surface area contributed by atoms with Crippen molar-refractivity contribution in [1.29, 1.82) is 0 Å². The second-order valence-corrected chi connectivity index (χ2v) is 5.64. The molecule has 0 saturated carbocycles. The molecule has 1 heterocycles. The Morgan fingerprint density at radius 1 is 1.22 bits per heavy atom. The van der Waals surface area contributed by atoms with Gasteiger partial charge in [0.05, 0.1) is 25.5 Å². The number of alkyl halides is 2. The Morgan fingerprint density at radius 3 is 2.67 bits per heavy atom. The van der Waals surface area contributed by atoms with E-state index in [1.165, 1.54) is 18.0 Å². The van der Waals surface area contributed by atoms with Crippen LogP contribution in [-0.4, -0.2) is 34.6 Å². The van der Waals surface area contributed by atoms with Crippen molar-refractivity contribution in [2.24, 2.45) is 0 Å². The third-order valence-electron chi connectivity index (χ3n) is 3.78. The standard InChI is InChI=1S/C18H15F3N4O2/c1-27-15-4-2-3-14(9-15)25-10-16(23-24-25)17(26)22-11-18(20,21)12-5-7-13(19)8-6-12/h2-10H,11H2,1H3,(H,22,26). The average Bonchev–Trinajstić information content (AvgIpc) is 3.17. The summed E-state index contributed by atoms with van der Waals surface area (Å²) < 4.78 is 47.5. The van der Waals surface area contributed by atoms with Crippen molar-refractivity contribution in [2.45, 2.75) is 5.92 Å². The molecule has 0 atom stereocenters. The lowest BCUT2D eigenvalue weighted by Crippen LogP contribution is -2.35. The summed E-state index contributed by atoms with van der Waals surface area (Å²) in [5.74, 6) is -4.18. The van der Waals surface area contributed by atoms with Gasteiger partial charge in [-0.2, -0.15) is 8.78 Å². The lowest BCUT2D eigenvalue weighted by molar-refractivity contribution is -0.00257. The van der Waals surface area contributed by atoms with Gasteiger partial charge in [-0.25, -0.2) is 9.07 Å². The number of carbonyl (C=O) groups excluding carboxylic acids is 1. The first-order valence-electron chi connectivity index (χ1n) is 7.88. The maximum atomic E-state index is 14.1. The van der Waals surface area contributed by atoms with Crippen LogP contribution in [0.15, 0.2) is 54.7 Å². The van der Waals surface area contributed by atoms with Gasteiger partial charge in [-0.3, -0.25) is 4.79 Å². The molecule has 9 heteroatoms. The molecule has 27 heavy (non-hydrogen) atoms. The van der Waals surface area contributed by atoms with Crippen molar-refractivity contribution in [1.82, 2.24) is 20.3 Å². The molecule has 2 aromatic carbocycles. The Balaban J connectivity index is 1.68. The summed E-state index contributed by atoms with van der Waals surface area (Å²) in [6.45, 7) is -0.955. The number of halogens is 3. The molecule has 6 nitrogen and oxygen atoms in total. The topological polar surface area (TPSA) is 69.0 Å². The molecule has 140 valence electrons. The van der Waals surface area contributed by atoms with Crippen LogP contribution in [0.3, 0.4) is 0 Å². The SMILES string of the molecule is COc1cccc(-n2cc(C(=O)NCC(F)(F)c3ccc(F)cc3)nn2)c1. The first-order valence-corrected chi connectivity index (χ1v) is 7.88. The minimum Gasteiger partial charge on any atom is -0.497 e. The highest BCUT2D eigenvalue weighted by atomic mass is 19.3. The Kier molecular flexibility index (Phi) is 5.11. The molecule has 1 aromatic heterocycles.